The molecule has 1 aromatic heterocycles. The van der Waals surface area contributed by atoms with Crippen molar-refractivity contribution in [2.24, 2.45) is 17.0 Å². The number of sulfonamides is 1. The summed E-state index contributed by atoms with van der Waals surface area (Å²) in [6, 6.07) is 18.3. The molecule has 0 radical (unpaired) electrons. The maximum absolute atomic E-state index is 13.8. The number of carbonyl (C=O) groups is 2. The summed E-state index contributed by atoms with van der Waals surface area (Å²) in [6.07, 6.45) is 1.75. The first-order valence-corrected chi connectivity index (χ1v) is 17.0. The number of pyridine rings is 1. The number of amides is 3. The van der Waals surface area contributed by atoms with E-state index in [4.69, 9.17) is 5.21 Å². The fourth-order valence-corrected chi connectivity index (χ4v) is 6.59. The quantitative estimate of drug-likeness (QED) is 0.103. The van der Waals surface area contributed by atoms with Gasteiger partial charge in [-0.15, -0.1) is 0 Å². The van der Waals surface area contributed by atoms with Crippen LogP contribution in [0.5, 0.6) is 0 Å². The summed E-state index contributed by atoms with van der Waals surface area (Å²) in [5, 5.41) is 29.1. The van der Waals surface area contributed by atoms with E-state index in [1.54, 1.807) is 39.2 Å². The van der Waals surface area contributed by atoms with Crippen molar-refractivity contribution in [3.63, 3.8) is 0 Å². The molecule has 3 amide bonds. The Morgan fingerprint density at radius 2 is 1.60 bits per heavy atom. The highest BCUT2D eigenvalue weighted by atomic mass is 32.2. The Kier molecular flexibility index (Phi) is 13.9. The normalized spacial score (nSPS) is 13.9. The number of benzene rings is 2. The summed E-state index contributed by atoms with van der Waals surface area (Å²) in [6.45, 7) is 7.44. The largest absolute Gasteiger partial charge is 0.411 e. The first-order valence-electron chi connectivity index (χ1n) is 15.5. The molecule has 0 aliphatic rings. The molecule has 13 heteroatoms. The van der Waals surface area contributed by atoms with Crippen LogP contribution in [0.2, 0.25) is 0 Å². The number of carbonyl (C=O) groups excluding carboxylic acids is 2. The van der Waals surface area contributed by atoms with Gasteiger partial charge in [0, 0.05) is 26.3 Å². The molecule has 3 rings (SSSR count). The summed E-state index contributed by atoms with van der Waals surface area (Å²) in [5.41, 5.74) is 2.04. The molecule has 0 saturated heterocycles. The molecule has 0 aliphatic heterocycles. The number of hydrogen-bond acceptors (Lipinski definition) is 8. The van der Waals surface area contributed by atoms with Crippen LogP contribution in [-0.4, -0.2) is 89.4 Å². The predicted octanol–water partition coefficient (Wildman–Crippen LogP) is 3.49. The van der Waals surface area contributed by atoms with Crippen molar-refractivity contribution in [1.29, 1.82) is 0 Å². The van der Waals surface area contributed by atoms with E-state index in [9.17, 15) is 23.1 Å². The molecule has 0 spiro atoms. The average molecular weight is 667 g/mol. The van der Waals surface area contributed by atoms with E-state index >= 15 is 0 Å². The molecule has 2 aromatic carbocycles. The zero-order valence-electron chi connectivity index (χ0n) is 27.5. The van der Waals surface area contributed by atoms with Crippen molar-refractivity contribution >= 4 is 28.2 Å². The van der Waals surface area contributed by atoms with Crippen LogP contribution in [0.15, 0.2) is 89.0 Å². The van der Waals surface area contributed by atoms with Crippen LogP contribution in [0.1, 0.15) is 44.5 Å². The minimum Gasteiger partial charge on any atom is -0.411 e. The van der Waals surface area contributed by atoms with Crippen LogP contribution in [0, 0.1) is 11.8 Å². The molecule has 0 bridgehead atoms. The van der Waals surface area contributed by atoms with Gasteiger partial charge in [-0.05, 0) is 53.6 Å². The van der Waals surface area contributed by atoms with Gasteiger partial charge < -0.3 is 25.8 Å². The van der Waals surface area contributed by atoms with Gasteiger partial charge in [-0.3, -0.25) is 9.78 Å². The van der Waals surface area contributed by atoms with Crippen molar-refractivity contribution in [2.75, 3.05) is 20.1 Å². The third kappa shape index (κ3) is 11.2. The second-order valence-corrected chi connectivity index (χ2v) is 14.2. The van der Waals surface area contributed by atoms with Gasteiger partial charge in [0.25, 0.3) is 0 Å². The van der Waals surface area contributed by atoms with Crippen molar-refractivity contribution in [3.05, 3.63) is 95.8 Å². The van der Waals surface area contributed by atoms with Gasteiger partial charge in [0.1, 0.15) is 6.04 Å². The highest BCUT2D eigenvalue weighted by Gasteiger charge is 2.33. The van der Waals surface area contributed by atoms with Gasteiger partial charge in [0.15, 0.2) is 0 Å². The third-order valence-corrected chi connectivity index (χ3v) is 9.32. The van der Waals surface area contributed by atoms with E-state index in [0.717, 1.165) is 5.56 Å². The second kappa shape index (κ2) is 17.5. The number of oxime groups is 1. The molecule has 3 atom stereocenters. The van der Waals surface area contributed by atoms with Gasteiger partial charge in [0.05, 0.1) is 35.5 Å². The Hall–Kier alpha value is -4.33. The molecule has 0 saturated carbocycles. The first-order chi connectivity index (χ1) is 22.3. The monoisotopic (exact) mass is 666 g/mol. The van der Waals surface area contributed by atoms with E-state index in [1.165, 1.54) is 39.7 Å². The highest BCUT2D eigenvalue weighted by molar-refractivity contribution is 7.89. The van der Waals surface area contributed by atoms with E-state index in [1.807, 2.05) is 50.2 Å². The van der Waals surface area contributed by atoms with E-state index in [2.05, 4.69) is 20.8 Å². The molecule has 12 nitrogen and oxygen atoms in total. The smallest absolute Gasteiger partial charge is 0.318 e. The molecular weight excluding hydrogens is 620 g/mol. The zero-order chi connectivity index (χ0) is 34.6. The Bertz CT molecular complexity index is 1550. The lowest BCUT2D eigenvalue weighted by atomic mass is 9.98. The SMILES string of the molecule is CC(C)CN(C[C@@H](O)[C@H](Cc1ccccc1)NC(=O)[C@@H](NC(=O)N(C)Cc1ccccn1)C(C)C)S(=O)(=O)c1ccc(/C=N/O)cc1. The highest BCUT2D eigenvalue weighted by Crippen LogP contribution is 2.20. The molecule has 47 heavy (non-hydrogen) atoms. The van der Waals surface area contributed by atoms with E-state index < -0.39 is 40.1 Å². The second-order valence-electron chi connectivity index (χ2n) is 12.2. The lowest BCUT2D eigenvalue weighted by Crippen LogP contribution is -2.58. The number of aliphatic hydroxyl groups is 1. The standard InChI is InChI=1S/C34H46N6O6S/c1-24(2)21-40(47(45,46)29-16-14-27(15-17-29)20-36-44)23-31(41)30(19-26-11-7-6-8-12-26)37-33(42)32(25(3)4)38-34(43)39(5)22-28-13-9-10-18-35-28/h6-18,20,24-25,30-32,41,44H,19,21-23H2,1-5H3,(H,37,42)(H,38,43)/b36-20+/t30-,31+,32-/m0/s1. The topological polar surface area (TPSA) is 165 Å². The van der Waals surface area contributed by atoms with E-state index in [0.29, 0.717) is 11.3 Å². The Balaban J connectivity index is 1.84. The van der Waals surface area contributed by atoms with Gasteiger partial charge in [-0.1, -0.05) is 81.4 Å². The summed E-state index contributed by atoms with van der Waals surface area (Å²) in [4.78, 5) is 32.5. The Morgan fingerprint density at radius 3 is 2.17 bits per heavy atom. The van der Waals surface area contributed by atoms with Gasteiger partial charge >= 0.3 is 6.03 Å². The number of aromatic nitrogens is 1. The Labute approximate surface area is 277 Å². The molecule has 0 fully saturated rings. The number of urea groups is 1. The molecule has 4 N–H and O–H groups in total. The van der Waals surface area contributed by atoms with Crippen LogP contribution in [-0.2, 0) is 27.8 Å². The van der Waals surface area contributed by atoms with Gasteiger partial charge in [-0.2, -0.15) is 4.31 Å². The van der Waals surface area contributed by atoms with Gasteiger partial charge in [0.2, 0.25) is 15.9 Å². The molecule has 0 aliphatic carbocycles. The third-order valence-electron chi connectivity index (χ3n) is 7.47. The number of aliphatic hydroxyl groups excluding tert-OH is 1. The number of nitrogens with zero attached hydrogens (tertiary/aromatic N) is 4. The summed E-state index contributed by atoms with van der Waals surface area (Å²) < 4.78 is 28.8. The fraction of sp³-hybridized carbons (Fsp3) is 0.412. The summed E-state index contributed by atoms with van der Waals surface area (Å²) >= 11 is 0. The van der Waals surface area contributed by atoms with Gasteiger partial charge in [-0.25, -0.2) is 13.2 Å². The van der Waals surface area contributed by atoms with Crippen LogP contribution in [0.4, 0.5) is 4.79 Å². The summed E-state index contributed by atoms with van der Waals surface area (Å²) in [5.74, 6) is -0.865. The van der Waals surface area contributed by atoms with Crippen molar-refractivity contribution < 1.29 is 28.3 Å². The maximum Gasteiger partial charge on any atom is 0.318 e. The van der Waals surface area contributed by atoms with Crippen molar-refractivity contribution in [3.8, 4) is 0 Å². The number of rotatable bonds is 16. The Morgan fingerprint density at radius 1 is 0.936 bits per heavy atom. The lowest BCUT2D eigenvalue weighted by Gasteiger charge is -2.32. The average Bonchev–Trinajstić information content (AvgIpc) is 3.03. The molecule has 3 aromatic rings. The van der Waals surface area contributed by atoms with Crippen LogP contribution < -0.4 is 10.6 Å². The minimum atomic E-state index is -4.05. The molecule has 0 unspecified atom stereocenters. The lowest BCUT2D eigenvalue weighted by molar-refractivity contribution is -0.125. The van der Waals surface area contributed by atoms with Crippen molar-refractivity contribution in [2.45, 2.75) is 63.7 Å². The summed E-state index contributed by atoms with van der Waals surface area (Å²) in [7, 11) is -2.44. The van der Waals surface area contributed by atoms with E-state index in [-0.39, 0.29) is 42.8 Å². The van der Waals surface area contributed by atoms with Crippen LogP contribution in [0.3, 0.4) is 0 Å². The minimum absolute atomic E-state index is 0.0153. The maximum atomic E-state index is 13.8. The number of nitrogens with one attached hydrogen (secondary N) is 2. The van der Waals surface area contributed by atoms with Crippen molar-refractivity contribution in [1.82, 2.24) is 24.8 Å². The fourth-order valence-electron chi connectivity index (χ4n) is 4.96. The van der Waals surface area contributed by atoms with Crippen LogP contribution >= 0.6 is 0 Å². The zero-order valence-corrected chi connectivity index (χ0v) is 28.3. The predicted molar refractivity (Wildman–Crippen MR) is 180 cm³/mol. The number of hydrogen-bond donors (Lipinski definition) is 4. The molecule has 1 heterocycles. The molecule has 254 valence electrons. The van der Waals surface area contributed by atoms with Crippen LogP contribution in [0.25, 0.3) is 0 Å². The first kappa shape index (κ1) is 37.1. The molecular formula is C34H46N6O6S.